The molecule has 16 heavy (non-hydrogen) atoms. The minimum absolute atomic E-state index is 0.191. The minimum Gasteiger partial charge on any atom is -0.299 e. The number of ketones is 2. The van der Waals surface area contributed by atoms with Gasteiger partial charge in [0.2, 0.25) is 0 Å². The Morgan fingerprint density at radius 2 is 1.88 bits per heavy atom. The van der Waals surface area contributed by atoms with Crippen LogP contribution in [-0.4, -0.2) is 11.6 Å². The predicted molar refractivity (Wildman–Crippen MR) is 62.7 cm³/mol. The van der Waals surface area contributed by atoms with E-state index >= 15 is 0 Å². The first kappa shape index (κ1) is 13.0. The maximum absolute atomic E-state index is 13.0. The van der Waals surface area contributed by atoms with E-state index in [1.165, 1.54) is 26.0 Å². The fourth-order valence-electron chi connectivity index (χ4n) is 1.49. The van der Waals surface area contributed by atoms with Crippen molar-refractivity contribution in [3.8, 4) is 0 Å². The number of carbonyl (C=O) groups excluding carboxylic acids is 2. The van der Waals surface area contributed by atoms with Crippen LogP contribution in [0.5, 0.6) is 0 Å². The summed E-state index contributed by atoms with van der Waals surface area (Å²) in [6, 6.07) is 4.23. The fraction of sp³-hybridized carbons (Fsp3) is 0.333. The number of rotatable bonds is 4. The van der Waals surface area contributed by atoms with Gasteiger partial charge >= 0.3 is 0 Å². The molecule has 0 fully saturated rings. The first-order chi connectivity index (χ1) is 7.41. The highest BCUT2D eigenvalue weighted by molar-refractivity contribution is 9.10. The molecule has 0 N–H and O–H groups in total. The van der Waals surface area contributed by atoms with Crippen LogP contribution in [0.2, 0.25) is 0 Å². The first-order valence-corrected chi connectivity index (χ1v) is 5.66. The van der Waals surface area contributed by atoms with Crippen LogP contribution in [0.15, 0.2) is 22.7 Å². The van der Waals surface area contributed by atoms with Gasteiger partial charge in [-0.25, -0.2) is 4.39 Å². The first-order valence-electron chi connectivity index (χ1n) is 4.86. The largest absolute Gasteiger partial charge is 0.299 e. The zero-order valence-electron chi connectivity index (χ0n) is 9.09. The summed E-state index contributed by atoms with van der Waals surface area (Å²) >= 11 is 3.27. The van der Waals surface area contributed by atoms with Gasteiger partial charge in [-0.1, -0.05) is 15.9 Å². The van der Waals surface area contributed by atoms with Gasteiger partial charge in [-0.2, -0.15) is 0 Å². The summed E-state index contributed by atoms with van der Waals surface area (Å²) in [6.45, 7) is 2.75. The van der Waals surface area contributed by atoms with Crippen molar-refractivity contribution in [1.29, 1.82) is 0 Å². The second-order valence-electron chi connectivity index (χ2n) is 3.71. The molecule has 1 aromatic rings. The third-order valence-electron chi connectivity index (χ3n) is 2.41. The number of halogens is 2. The lowest BCUT2D eigenvalue weighted by atomic mass is 9.93. The SMILES string of the molecule is CC(=O)C(Cc1cc(F)ccc1Br)C(C)=O. The molecule has 0 saturated carbocycles. The summed E-state index contributed by atoms with van der Waals surface area (Å²) in [5, 5.41) is 0. The molecule has 0 aliphatic carbocycles. The van der Waals surface area contributed by atoms with E-state index < -0.39 is 5.92 Å². The summed E-state index contributed by atoms with van der Waals surface area (Å²) in [5.41, 5.74) is 0.635. The highest BCUT2D eigenvalue weighted by atomic mass is 79.9. The molecule has 0 radical (unpaired) electrons. The van der Waals surface area contributed by atoms with Crippen LogP contribution in [0.3, 0.4) is 0 Å². The Hall–Kier alpha value is -1.03. The van der Waals surface area contributed by atoms with Crippen molar-refractivity contribution in [3.63, 3.8) is 0 Å². The number of carbonyl (C=O) groups is 2. The predicted octanol–water partition coefficient (Wildman–Crippen LogP) is 2.92. The van der Waals surface area contributed by atoms with E-state index in [1.807, 2.05) is 0 Å². The van der Waals surface area contributed by atoms with E-state index in [0.29, 0.717) is 10.0 Å². The summed E-state index contributed by atoms with van der Waals surface area (Å²) < 4.78 is 13.7. The van der Waals surface area contributed by atoms with E-state index in [2.05, 4.69) is 15.9 Å². The van der Waals surface area contributed by atoms with Gasteiger partial charge in [0.25, 0.3) is 0 Å². The molecule has 0 saturated heterocycles. The molecule has 0 amide bonds. The number of hydrogen-bond donors (Lipinski definition) is 0. The normalized spacial score (nSPS) is 10.6. The van der Waals surface area contributed by atoms with Gasteiger partial charge < -0.3 is 0 Å². The Balaban J connectivity index is 2.97. The molecular formula is C12H12BrFO2. The van der Waals surface area contributed by atoms with E-state index in [1.54, 1.807) is 6.07 Å². The van der Waals surface area contributed by atoms with Gasteiger partial charge in [-0.3, -0.25) is 9.59 Å². The fourth-order valence-corrected chi connectivity index (χ4v) is 1.90. The molecule has 4 heteroatoms. The van der Waals surface area contributed by atoms with Crippen LogP contribution in [0, 0.1) is 11.7 Å². The summed E-state index contributed by atoms with van der Waals surface area (Å²) in [7, 11) is 0. The van der Waals surface area contributed by atoms with Crippen molar-refractivity contribution >= 4 is 27.5 Å². The molecule has 86 valence electrons. The van der Waals surface area contributed by atoms with Gasteiger partial charge in [0.1, 0.15) is 17.4 Å². The topological polar surface area (TPSA) is 34.1 Å². The molecule has 0 spiro atoms. The molecule has 0 atom stereocenters. The summed E-state index contributed by atoms with van der Waals surface area (Å²) in [4.78, 5) is 22.5. The van der Waals surface area contributed by atoms with Gasteiger partial charge in [0.15, 0.2) is 0 Å². The third kappa shape index (κ3) is 3.23. The standard InChI is InChI=1S/C12H12BrFO2/c1-7(15)11(8(2)16)6-9-5-10(14)3-4-12(9)13/h3-5,11H,6H2,1-2H3. The molecular weight excluding hydrogens is 275 g/mol. The molecule has 0 heterocycles. The summed E-state index contributed by atoms with van der Waals surface area (Å²) in [5.74, 6) is -1.44. The van der Waals surface area contributed by atoms with Crippen LogP contribution < -0.4 is 0 Å². The molecule has 1 aromatic carbocycles. The van der Waals surface area contributed by atoms with E-state index in [-0.39, 0.29) is 23.8 Å². The monoisotopic (exact) mass is 286 g/mol. The third-order valence-corrected chi connectivity index (χ3v) is 3.19. The molecule has 0 aliphatic heterocycles. The lowest BCUT2D eigenvalue weighted by Crippen LogP contribution is -2.22. The highest BCUT2D eigenvalue weighted by Gasteiger charge is 2.21. The average Bonchev–Trinajstić information content (AvgIpc) is 2.18. The van der Waals surface area contributed by atoms with Crippen molar-refractivity contribution in [2.75, 3.05) is 0 Å². The zero-order valence-corrected chi connectivity index (χ0v) is 10.7. The zero-order chi connectivity index (χ0) is 12.3. The molecule has 0 unspecified atom stereocenters. The van der Waals surface area contributed by atoms with E-state index in [0.717, 1.165) is 0 Å². The number of hydrogen-bond acceptors (Lipinski definition) is 2. The van der Waals surface area contributed by atoms with Crippen LogP contribution >= 0.6 is 15.9 Å². The van der Waals surface area contributed by atoms with Crippen molar-refractivity contribution in [2.24, 2.45) is 5.92 Å². The Morgan fingerprint density at radius 3 is 2.38 bits per heavy atom. The lowest BCUT2D eigenvalue weighted by molar-refractivity contribution is -0.130. The molecule has 0 aromatic heterocycles. The van der Waals surface area contributed by atoms with Gasteiger partial charge in [0, 0.05) is 4.47 Å². The Labute approximate surface area is 102 Å². The van der Waals surface area contributed by atoms with Crippen LogP contribution in [0.25, 0.3) is 0 Å². The van der Waals surface area contributed by atoms with Gasteiger partial charge in [-0.05, 0) is 44.0 Å². The van der Waals surface area contributed by atoms with E-state index in [9.17, 15) is 14.0 Å². The molecule has 2 nitrogen and oxygen atoms in total. The number of benzene rings is 1. The van der Waals surface area contributed by atoms with Gasteiger partial charge in [0.05, 0.1) is 5.92 Å². The maximum atomic E-state index is 13.0. The second kappa shape index (κ2) is 5.34. The molecule has 0 aliphatic rings. The number of Topliss-reactive ketones (excluding diaryl/α,β-unsaturated/α-hetero) is 2. The van der Waals surface area contributed by atoms with Gasteiger partial charge in [-0.15, -0.1) is 0 Å². The smallest absolute Gasteiger partial charge is 0.140 e. The molecule has 0 bridgehead atoms. The molecule has 1 rings (SSSR count). The van der Waals surface area contributed by atoms with Crippen molar-refractivity contribution in [2.45, 2.75) is 20.3 Å². The lowest BCUT2D eigenvalue weighted by Gasteiger charge is -2.11. The summed E-state index contributed by atoms with van der Waals surface area (Å²) in [6.07, 6.45) is 0.239. The van der Waals surface area contributed by atoms with Crippen LogP contribution in [0.1, 0.15) is 19.4 Å². The maximum Gasteiger partial charge on any atom is 0.140 e. The Morgan fingerprint density at radius 1 is 1.31 bits per heavy atom. The average molecular weight is 287 g/mol. The van der Waals surface area contributed by atoms with Crippen LogP contribution in [-0.2, 0) is 16.0 Å². The Kier molecular flexibility index (Phi) is 4.35. The van der Waals surface area contributed by atoms with Crippen molar-refractivity contribution < 1.29 is 14.0 Å². The quantitative estimate of drug-likeness (QED) is 0.798. The minimum atomic E-state index is -0.682. The van der Waals surface area contributed by atoms with Crippen LogP contribution in [0.4, 0.5) is 4.39 Å². The van der Waals surface area contributed by atoms with Crippen molar-refractivity contribution in [1.82, 2.24) is 0 Å². The van der Waals surface area contributed by atoms with E-state index in [4.69, 9.17) is 0 Å². The van der Waals surface area contributed by atoms with Crippen molar-refractivity contribution in [3.05, 3.63) is 34.1 Å². The highest BCUT2D eigenvalue weighted by Crippen LogP contribution is 2.21. The second-order valence-corrected chi connectivity index (χ2v) is 4.57. The Bertz CT molecular complexity index is 415.